The number of ether oxygens (including phenoxy) is 1. The number of ketones is 1. The van der Waals surface area contributed by atoms with Gasteiger partial charge in [-0.2, -0.15) is 0 Å². The summed E-state index contributed by atoms with van der Waals surface area (Å²) in [5.41, 5.74) is 0.607. The Morgan fingerprint density at radius 1 is 1.53 bits per heavy atom. The minimum absolute atomic E-state index is 0.0563. The number of hydrogen-bond acceptors (Lipinski definition) is 3. The van der Waals surface area contributed by atoms with Crippen LogP contribution in [0.15, 0.2) is 18.2 Å². The predicted octanol–water partition coefficient (Wildman–Crippen LogP) is 1.70. The van der Waals surface area contributed by atoms with Crippen LogP contribution in [0.1, 0.15) is 18.4 Å². The van der Waals surface area contributed by atoms with Crippen LogP contribution in [0.3, 0.4) is 0 Å². The Kier molecular flexibility index (Phi) is 3.74. The van der Waals surface area contributed by atoms with Crippen LogP contribution in [0.5, 0.6) is 5.75 Å². The van der Waals surface area contributed by atoms with E-state index >= 15 is 0 Å². The van der Waals surface area contributed by atoms with Crippen LogP contribution in [-0.2, 0) is 11.2 Å². The zero-order chi connectivity index (χ0) is 12.3. The lowest BCUT2D eigenvalue weighted by Gasteiger charge is -2.08. The number of nitrogens with one attached hydrogen (secondary N) is 1. The minimum atomic E-state index is -0.344. The molecule has 0 amide bonds. The number of methoxy groups -OCH3 is 1. The van der Waals surface area contributed by atoms with E-state index < -0.39 is 0 Å². The Balaban J connectivity index is 1.95. The van der Waals surface area contributed by atoms with E-state index in [-0.39, 0.29) is 18.0 Å². The van der Waals surface area contributed by atoms with Gasteiger partial charge in [-0.25, -0.2) is 4.39 Å². The van der Waals surface area contributed by atoms with E-state index in [1.807, 2.05) is 0 Å². The number of benzene rings is 1. The molecule has 0 unspecified atom stereocenters. The molecule has 17 heavy (non-hydrogen) atoms. The normalized spacial score (nSPS) is 14.7. The Hall–Kier alpha value is -1.42. The second-order valence-corrected chi connectivity index (χ2v) is 4.33. The number of Topliss-reactive ketones (excluding diaryl/α,β-unsaturated/α-hetero) is 1. The van der Waals surface area contributed by atoms with Crippen molar-refractivity contribution in [1.29, 1.82) is 0 Å². The lowest BCUT2D eigenvalue weighted by molar-refractivity contribution is -0.117. The molecule has 1 N–H and O–H groups in total. The summed E-state index contributed by atoms with van der Waals surface area (Å²) in [6.45, 7) is 0.352. The smallest absolute Gasteiger partial charge is 0.151 e. The van der Waals surface area contributed by atoms with Crippen molar-refractivity contribution in [3.63, 3.8) is 0 Å². The van der Waals surface area contributed by atoms with E-state index in [2.05, 4.69) is 5.32 Å². The first kappa shape index (κ1) is 12.0. The second-order valence-electron chi connectivity index (χ2n) is 4.33. The SMILES string of the molecule is COc1ccc(F)cc1CC(=O)CNC1CC1. The molecule has 1 aromatic rings. The van der Waals surface area contributed by atoms with Crippen molar-refractivity contribution in [1.82, 2.24) is 5.32 Å². The predicted molar refractivity (Wildman–Crippen MR) is 62.7 cm³/mol. The van der Waals surface area contributed by atoms with Crippen LogP contribution in [0.4, 0.5) is 4.39 Å². The lowest BCUT2D eigenvalue weighted by Crippen LogP contribution is -2.26. The van der Waals surface area contributed by atoms with Crippen molar-refractivity contribution in [3.05, 3.63) is 29.6 Å². The average Bonchev–Trinajstić information content (AvgIpc) is 3.10. The summed E-state index contributed by atoms with van der Waals surface area (Å²) in [7, 11) is 1.52. The molecule has 1 aliphatic carbocycles. The lowest BCUT2D eigenvalue weighted by atomic mass is 10.1. The molecular weight excluding hydrogens is 221 g/mol. The first-order chi connectivity index (χ1) is 8.19. The van der Waals surface area contributed by atoms with E-state index in [1.54, 1.807) is 6.07 Å². The molecule has 1 fully saturated rings. The molecule has 1 aromatic carbocycles. The number of halogens is 1. The summed E-state index contributed by atoms with van der Waals surface area (Å²) in [6.07, 6.45) is 2.51. The van der Waals surface area contributed by atoms with E-state index in [1.165, 1.54) is 19.2 Å². The summed E-state index contributed by atoms with van der Waals surface area (Å²) in [5.74, 6) is 0.274. The molecule has 1 saturated carbocycles. The summed E-state index contributed by atoms with van der Waals surface area (Å²) >= 11 is 0. The molecule has 2 rings (SSSR count). The van der Waals surface area contributed by atoms with Crippen LogP contribution in [0.2, 0.25) is 0 Å². The molecular formula is C13H16FNO2. The molecule has 0 heterocycles. The van der Waals surface area contributed by atoms with Gasteiger partial charge in [0.15, 0.2) is 5.78 Å². The summed E-state index contributed by atoms with van der Waals surface area (Å²) in [4.78, 5) is 11.7. The fourth-order valence-corrected chi connectivity index (χ4v) is 1.71. The van der Waals surface area contributed by atoms with Crippen LogP contribution in [-0.4, -0.2) is 25.5 Å². The summed E-state index contributed by atoms with van der Waals surface area (Å²) in [5, 5.41) is 3.14. The third-order valence-corrected chi connectivity index (χ3v) is 2.80. The molecule has 92 valence electrons. The highest BCUT2D eigenvalue weighted by Crippen LogP contribution is 2.21. The van der Waals surface area contributed by atoms with Crippen molar-refractivity contribution in [2.75, 3.05) is 13.7 Å². The first-order valence-corrected chi connectivity index (χ1v) is 5.76. The van der Waals surface area contributed by atoms with Crippen LogP contribution in [0, 0.1) is 5.82 Å². The maximum absolute atomic E-state index is 13.1. The Labute approximate surface area is 100.0 Å². The van der Waals surface area contributed by atoms with Gasteiger partial charge in [0, 0.05) is 18.0 Å². The van der Waals surface area contributed by atoms with E-state index in [0.29, 0.717) is 23.9 Å². The monoisotopic (exact) mass is 237 g/mol. The van der Waals surface area contributed by atoms with Crippen LogP contribution < -0.4 is 10.1 Å². The van der Waals surface area contributed by atoms with Gasteiger partial charge in [0.25, 0.3) is 0 Å². The quantitative estimate of drug-likeness (QED) is 0.818. The van der Waals surface area contributed by atoms with Gasteiger partial charge >= 0.3 is 0 Å². The van der Waals surface area contributed by atoms with Crippen molar-refractivity contribution < 1.29 is 13.9 Å². The molecule has 0 radical (unpaired) electrons. The van der Waals surface area contributed by atoms with Crippen LogP contribution >= 0.6 is 0 Å². The van der Waals surface area contributed by atoms with Gasteiger partial charge in [-0.05, 0) is 31.0 Å². The van der Waals surface area contributed by atoms with Crippen molar-refractivity contribution >= 4 is 5.78 Å². The minimum Gasteiger partial charge on any atom is -0.496 e. The topological polar surface area (TPSA) is 38.3 Å². The summed E-state index contributed by atoms with van der Waals surface area (Å²) < 4.78 is 18.2. The van der Waals surface area contributed by atoms with Gasteiger partial charge in [-0.1, -0.05) is 0 Å². The Bertz CT molecular complexity index is 416. The molecule has 1 aliphatic rings. The fraction of sp³-hybridized carbons (Fsp3) is 0.462. The molecule has 0 aliphatic heterocycles. The van der Waals surface area contributed by atoms with Gasteiger partial charge in [0.05, 0.1) is 13.7 Å². The highest BCUT2D eigenvalue weighted by Gasteiger charge is 2.21. The molecule has 0 atom stereocenters. The average molecular weight is 237 g/mol. The number of hydrogen-bond donors (Lipinski definition) is 1. The van der Waals surface area contributed by atoms with Gasteiger partial charge in [0.2, 0.25) is 0 Å². The van der Waals surface area contributed by atoms with Gasteiger partial charge in [0.1, 0.15) is 11.6 Å². The van der Waals surface area contributed by atoms with Gasteiger partial charge in [-0.15, -0.1) is 0 Å². The third-order valence-electron chi connectivity index (χ3n) is 2.80. The Morgan fingerprint density at radius 2 is 2.29 bits per heavy atom. The number of rotatable bonds is 6. The first-order valence-electron chi connectivity index (χ1n) is 5.76. The van der Waals surface area contributed by atoms with E-state index in [9.17, 15) is 9.18 Å². The molecule has 4 heteroatoms. The third kappa shape index (κ3) is 3.53. The second kappa shape index (κ2) is 5.27. The largest absolute Gasteiger partial charge is 0.496 e. The molecule has 0 bridgehead atoms. The molecule has 3 nitrogen and oxygen atoms in total. The highest BCUT2D eigenvalue weighted by atomic mass is 19.1. The maximum Gasteiger partial charge on any atom is 0.151 e. The van der Waals surface area contributed by atoms with Gasteiger partial charge < -0.3 is 10.1 Å². The zero-order valence-corrected chi connectivity index (χ0v) is 9.83. The van der Waals surface area contributed by atoms with Crippen molar-refractivity contribution in [3.8, 4) is 5.75 Å². The van der Waals surface area contributed by atoms with Crippen molar-refractivity contribution in [2.45, 2.75) is 25.3 Å². The molecule has 0 spiro atoms. The number of carbonyl (C=O) groups excluding carboxylic acids is 1. The Morgan fingerprint density at radius 3 is 2.94 bits per heavy atom. The van der Waals surface area contributed by atoms with E-state index in [0.717, 1.165) is 12.8 Å². The zero-order valence-electron chi connectivity index (χ0n) is 9.83. The summed E-state index contributed by atoms with van der Waals surface area (Å²) in [6, 6.07) is 4.74. The van der Waals surface area contributed by atoms with Crippen LogP contribution in [0.25, 0.3) is 0 Å². The van der Waals surface area contributed by atoms with Crippen molar-refractivity contribution in [2.24, 2.45) is 0 Å². The standard InChI is InChI=1S/C13H16FNO2/c1-17-13-5-2-10(14)6-9(13)7-12(16)8-15-11-3-4-11/h2,5-6,11,15H,3-4,7-8H2,1H3. The maximum atomic E-state index is 13.1. The molecule has 0 aromatic heterocycles. The van der Waals surface area contributed by atoms with Gasteiger partial charge in [-0.3, -0.25) is 4.79 Å². The highest BCUT2D eigenvalue weighted by molar-refractivity contribution is 5.83. The number of carbonyl (C=O) groups is 1. The van der Waals surface area contributed by atoms with E-state index in [4.69, 9.17) is 4.74 Å². The fourth-order valence-electron chi connectivity index (χ4n) is 1.71. The molecule has 0 saturated heterocycles.